The van der Waals surface area contributed by atoms with Crippen LogP contribution in [0.15, 0.2) is 42.7 Å². The van der Waals surface area contributed by atoms with Gasteiger partial charge < -0.3 is 11.1 Å². The molecule has 1 heterocycles. The molecule has 106 valence electrons. The molecule has 1 unspecified atom stereocenters. The number of nitrogens with one attached hydrogen (secondary N) is 1. The van der Waals surface area contributed by atoms with Crippen molar-refractivity contribution in [2.24, 2.45) is 12.8 Å². The Morgan fingerprint density at radius 2 is 2.15 bits per heavy atom. The van der Waals surface area contributed by atoms with Gasteiger partial charge in [-0.25, -0.2) is 0 Å². The molecule has 1 atom stereocenters. The first-order valence-electron chi connectivity index (χ1n) is 6.70. The molecule has 1 aromatic heterocycles. The molecule has 0 fully saturated rings. The van der Waals surface area contributed by atoms with E-state index < -0.39 is 0 Å². The fourth-order valence-electron chi connectivity index (χ4n) is 1.99. The molecule has 0 spiro atoms. The van der Waals surface area contributed by atoms with Crippen molar-refractivity contribution >= 4 is 5.91 Å². The average Bonchev–Trinajstić information content (AvgIpc) is 2.89. The summed E-state index contributed by atoms with van der Waals surface area (Å²) in [6.07, 6.45) is 4.85. The Hall–Kier alpha value is -2.14. The van der Waals surface area contributed by atoms with Gasteiger partial charge in [-0.15, -0.1) is 0 Å². The maximum atomic E-state index is 11.8. The Labute approximate surface area is 118 Å². The van der Waals surface area contributed by atoms with Crippen LogP contribution in [-0.4, -0.2) is 22.2 Å². The van der Waals surface area contributed by atoms with Crippen molar-refractivity contribution in [1.82, 2.24) is 15.1 Å². The number of carbonyl (C=O) groups is 1. The normalized spacial score (nSPS) is 12.1. The van der Waals surface area contributed by atoms with Crippen LogP contribution >= 0.6 is 0 Å². The van der Waals surface area contributed by atoms with Crippen LogP contribution in [-0.2, 0) is 18.3 Å². The minimum absolute atomic E-state index is 0.0141. The average molecular weight is 272 g/mol. The maximum Gasteiger partial charge on any atom is 0.220 e. The van der Waals surface area contributed by atoms with Crippen molar-refractivity contribution in [3.05, 3.63) is 53.9 Å². The SMILES string of the molecule is Cn1cc(CCC(=O)NCC(N)c2ccccc2)cn1. The summed E-state index contributed by atoms with van der Waals surface area (Å²) < 4.78 is 1.73. The lowest BCUT2D eigenvalue weighted by Crippen LogP contribution is -2.31. The second-order valence-electron chi connectivity index (χ2n) is 4.84. The molecule has 0 aliphatic heterocycles. The van der Waals surface area contributed by atoms with Gasteiger partial charge in [0.05, 0.1) is 6.20 Å². The summed E-state index contributed by atoms with van der Waals surface area (Å²) in [7, 11) is 1.86. The monoisotopic (exact) mass is 272 g/mol. The Morgan fingerprint density at radius 3 is 2.80 bits per heavy atom. The fourth-order valence-corrected chi connectivity index (χ4v) is 1.99. The zero-order valence-electron chi connectivity index (χ0n) is 11.6. The fraction of sp³-hybridized carbons (Fsp3) is 0.333. The first-order chi connectivity index (χ1) is 9.65. The van der Waals surface area contributed by atoms with Crippen LogP contribution in [0.4, 0.5) is 0 Å². The van der Waals surface area contributed by atoms with E-state index in [-0.39, 0.29) is 11.9 Å². The summed E-state index contributed by atoms with van der Waals surface area (Å²) in [6.45, 7) is 0.454. The Balaban J connectivity index is 1.72. The molecule has 1 amide bonds. The maximum absolute atomic E-state index is 11.8. The van der Waals surface area contributed by atoms with E-state index in [0.717, 1.165) is 11.1 Å². The number of nitrogens with zero attached hydrogens (tertiary/aromatic N) is 2. The highest BCUT2D eigenvalue weighted by molar-refractivity contribution is 5.76. The molecule has 1 aromatic carbocycles. The summed E-state index contributed by atoms with van der Waals surface area (Å²) in [6, 6.07) is 9.60. The van der Waals surface area contributed by atoms with Gasteiger partial charge in [-0.3, -0.25) is 9.48 Å². The van der Waals surface area contributed by atoms with Gasteiger partial charge >= 0.3 is 0 Å². The number of rotatable bonds is 6. The van der Waals surface area contributed by atoms with Gasteiger partial charge in [-0.2, -0.15) is 5.10 Å². The molecule has 2 rings (SSSR count). The Morgan fingerprint density at radius 1 is 1.40 bits per heavy atom. The van der Waals surface area contributed by atoms with Crippen LogP contribution < -0.4 is 11.1 Å². The molecule has 0 aliphatic rings. The standard InChI is InChI=1S/C15H20N4O/c1-19-11-12(9-18-19)7-8-15(20)17-10-14(16)13-5-3-2-4-6-13/h2-6,9,11,14H,7-8,10,16H2,1H3,(H,17,20). The molecule has 0 aliphatic carbocycles. The first kappa shape index (κ1) is 14.3. The molecule has 5 nitrogen and oxygen atoms in total. The van der Waals surface area contributed by atoms with E-state index in [2.05, 4.69) is 10.4 Å². The number of aryl methyl sites for hydroxylation is 2. The van der Waals surface area contributed by atoms with E-state index in [1.165, 1.54) is 0 Å². The molecule has 0 radical (unpaired) electrons. The summed E-state index contributed by atoms with van der Waals surface area (Å²) in [4.78, 5) is 11.8. The highest BCUT2D eigenvalue weighted by Crippen LogP contribution is 2.08. The van der Waals surface area contributed by atoms with Crippen molar-refractivity contribution in [3.63, 3.8) is 0 Å². The van der Waals surface area contributed by atoms with Crippen molar-refractivity contribution in [3.8, 4) is 0 Å². The summed E-state index contributed by atoms with van der Waals surface area (Å²) in [5.74, 6) is 0.0141. The van der Waals surface area contributed by atoms with Gasteiger partial charge in [-0.05, 0) is 17.5 Å². The van der Waals surface area contributed by atoms with Gasteiger partial charge in [0, 0.05) is 32.3 Å². The second-order valence-corrected chi connectivity index (χ2v) is 4.84. The van der Waals surface area contributed by atoms with E-state index in [9.17, 15) is 4.79 Å². The number of hydrogen-bond donors (Lipinski definition) is 2. The van der Waals surface area contributed by atoms with E-state index in [4.69, 9.17) is 5.73 Å². The van der Waals surface area contributed by atoms with Crippen LogP contribution in [0.3, 0.4) is 0 Å². The predicted octanol–water partition coefficient (Wildman–Crippen LogP) is 1.17. The smallest absolute Gasteiger partial charge is 0.220 e. The lowest BCUT2D eigenvalue weighted by atomic mass is 10.1. The number of nitrogens with two attached hydrogens (primary N) is 1. The number of benzene rings is 1. The van der Waals surface area contributed by atoms with E-state index in [1.807, 2.05) is 43.6 Å². The van der Waals surface area contributed by atoms with Gasteiger partial charge in [0.15, 0.2) is 0 Å². The van der Waals surface area contributed by atoms with Gasteiger partial charge in [0.25, 0.3) is 0 Å². The molecule has 20 heavy (non-hydrogen) atoms. The summed E-state index contributed by atoms with van der Waals surface area (Å²) >= 11 is 0. The molecule has 0 bridgehead atoms. The third-order valence-electron chi connectivity index (χ3n) is 3.15. The van der Waals surface area contributed by atoms with Crippen LogP contribution in [0.1, 0.15) is 23.6 Å². The molecule has 3 N–H and O–H groups in total. The molecular formula is C15H20N4O. The largest absolute Gasteiger partial charge is 0.354 e. The topological polar surface area (TPSA) is 72.9 Å². The van der Waals surface area contributed by atoms with Crippen molar-refractivity contribution < 1.29 is 4.79 Å². The summed E-state index contributed by atoms with van der Waals surface area (Å²) in [5.41, 5.74) is 8.12. The van der Waals surface area contributed by atoms with Crippen LogP contribution in [0.25, 0.3) is 0 Å². The predicted molar refractivity (Wildman–Crippen MR) is 77.9 cm³/mol. The van der Waals surface area contributed by atoms with E-state index in [1.54, 1.807) is 10.9 Å². The molecule has 0 saturated heterocycles. The quantitative estimate of drug-likeness (QED) is 0.829. The van der Waals surface area contributed by atoms with Crippen LogP contribution in [0.5, 0.6) is 0 Å². The minimum atomic E-state index is -0.168. The highest BCUT2D eigenvalue weighted by Gasteiger charge is 2.08. The molecular weight excluding hydrogens is 252 g/mol. The minimum Gasteiger partial charge on any atom is -0.354 e. The third kappa shape index (κ3) is 4.20. The zero-order valence-corrected chi connectivity index (χ0v) is 11.6. The van der Waals surface area contributed by atoms with E-state index in [0.29, 0.717) is 19.4 Å². The molecule has 5 heteroatoms. The second kappa shape index (κ2) is 6.86. The first-order valence-corrected chi connectivity index (χ1v) is 6.70. The summed E-state index contributed by atoms with van der Waals surface area (Å²) in [5, 5.41) is 6.94. The van der Waals surface area contributed by atoms with Crippen molar-refractivity contribution in [2.45, 2.75) is 18.9 Å². The van der Waals surface area contributed by atoms with Gasteiger partial charge in [0.2, 0.25) is 5.91 Å². The van der Waals surface area contributed by atoms with Crippen molar-refractivity contribution in [2.75, 3.05) is 6.54 Å². The number of carbonyl (C=O) groups excluding carboxylic acids is 1. The molecule has 0 saturated carbocycles. The highest BCUT2D eigenvalue weighted by atomic mass is 16.1. The number of hydrogen-bond acceptors (Lipinski definition) is 3. The van der Waals surface area contributed by atoms with Gasteiger partial charge in [-0.1, -0.05) is 30.3 Å². The van der Waals surface area contributed by atoms with E-state index >= 15 is 0 Å². The zero-order chi connectivity index (χ0) is 14.4. The third-order valence-corrected chi connectivity index (χ3v) is 3.15. The van der Waals surface area contributed by atoms with Crippen LogP contribution in [0.2, 0.25) is 0 Å². The van der Waals surface area contributed by atoms with Gasteiger partial charge in [0.1, 0.15) is 0 Å². The lowest BCUT2D eigenvalue weighted by molar-refractivity contribution is -0.121. The van der Waals surface area contributed by atoms with Crippen LogP contribution in [0, 0.1) is 0 Å². The Kier molecular flexibility index (Phi) is 4.90. The molecule has 2 aromatic rings. The van der Waals surface area contributed by atoms with Crippen molar-refractivity contribution in [1.29, 1.82) is 0 Å². The lowest BCUT2D eigenvalue weighted by Gasteiger charge is -2.12. The number of amides is 1. The Bertz CT molecular complexity index is 550. The number of aromatic nitrogens is 2.